The van der Waals surface area contributed by atoms with Crippen LogP contribution in [-0.2, 0) is 9.53 Å². The summed E-state index contributed by atoms with van der Waals surface area (Å²) in [6.07, 6.45) is 9.94. The van der Waals surface area contributed by atoms with Gasteiger partial charge in [-0.15, -0.1) is 0 Å². The summed E-state index contributed by atoms with van der Waals surface area (Å²) >= 11 is 0. The van der Waals surface area contributed by atoms with Crippen LogP contribution in [0.4, 0.5) is 0 Å². The second kappa shape index (κ2) is 11.1. The van der Waals surface area contributed by atoms with E-state index in [1.165, 1.54) is 25.7 Å². The molecule has 0 spiro atoms. The number of carbonyl (C=O) groups is 1. The normalized spacial score (nSPS) is 19.7. The molecule has 1 saturated carbocycles. The molecule has 1 aromatic rings. The summed E-state index contributed by atoms with van der Waals surface area (Å²) in [5, 5.41) is 6.69. The third kappa shape index (κ3) is 6.26. The number of furan rings is 1. The van der Waals surface area contributed by atoms with Gasteiger partial charge in [0.25, 0.3) is 0 Å². The van der Waals surface area contributed by atoms with Crippen molar-refractivity contribution in [3.8, 4) is 0 Å². The van der Waals surface area contributed by atoms with Gasteiger partial charge >= 0.3 is 5.97 Å². The van der Waals surface area contributed by atoms with Crippen molar-refractivity contribution in [3.05, 3.63) is 24.2 Å². The Hall–Kier alpha value is -2.02. The van der Waals surface area contributed by atoms with E-state index < -0.39 is 0 Å². The predicted octanol–water partition coefficient (Wildman–Crippen LogP) is 2.85. The van der Waals surface area contributed by atoms with E-state index in [0.29, 0.717) is 13.0 Å². The first-order valence-electron chi connectivity index (χ1n) is 10.7. The number of esters is 1. The molecule has 3 rings (SSSR count). The number of rotatable bonds is 9. The first-order chi connectivity index (χ1) is 13.8. The van der Waals surface area contributed by atoms with Crippen molar-refractivity contribution in [2.45, 2.75) is 63.5 Å². The molecule has 2 fully saturated rings. The zero-order valence-corrected chi connectivity index (χ0v) is 17.0. The zero-order chi connectivity index (χ0) is 19.6. The molecule has 7 nitrogen and oxygen atoms in total. The fourth-order valence-electron chi connectivity index (χ4n) is 4.05. The van der Waals surface area contributed by atoms with Gasteiger partial charge in [-0.2, -0.15) is 0 Å². The molecule has 1 saturated heterocycles. The Morgan fingerprint density at radius 3 is 2.75 bits per heavy atom. The van der Waals surface area contributed by atoms with Crippen LogP contribution in [0.1, 0.15) is 63.2 Å². The molecule has 1 aliphatic carbocycles. The van der Waals surface area contributed by atoms with Crippen LogP contribution >= 0.6 is 0 Å². The van der Waals surface area contributed by atoms with E-state index in [0.717, 1.165) is 50.6 Å². The number of ether oxygens (including phenoxy) is 1. The van der Waals surface area contributed by atoms with Gasteiger partial charge in [0, 0.05) is 26.6 Å². The highest BCUT2D eigenvalue weighted by atomic mass is 16.5. The standard InChI is InChI=1S/C21H34N4O3/c1-22-21(23-12-6-11-20(26)28-17-8-2-3-9-17)24-16-18(19-10-7-15-27-19)25-13-4-5-14-25/h7,10,15,17-18H,2-6,8-9,11-14,16H2,1H3,(H2,22,23,24). The quantitative estimate of drug-likeness (QED) is 0.292. The van der Waals surface area contributed by atoms with Crippen LogP contribution in [-0.4, -0.2) is 56.2 Å². The van der Waals surface area contributed by atoms with Crippen molar-refractivity contribution in [2.24, 2.45) is 4.99 Å². The molecule has 1 aromatic heterocycles. The van der Waals surface area contributed by atoms with Gasteiger partial charge in [0.1, 0.15) is 11.9 Å². The Morgan fingerprint density at radius 2 is 2.07 bits per heavy atom. The summed E-state index contributed by atoms with van der Waals surface area (Å²) in [6, 6.07) is 4.19. The molecule has 1 atom stereocenters. The van der Waals surface area contributed by atoms with Crippen molar-refractivity contribution in [1.29, 1.82) is 0 Å². The minimum absolute atomic E-state index is 0.0800. The summed E-state index contributed by atoms with van der Waals surface area (Å²) in [5.74, 6) is 1.66. The Morgan fingerprint density at radius 1 is 1.29 bits per heavy atom. The fraction of sp³-hybridized carbons (Fsp3) is 0.714. The monoisotopic (exact) mass is 390 g/mol. The van der Waals surface area contributed by atoms with E-state index >= 15 is 0 Å². The lowest BCUT2D eigenvalue weighted by Crippen LogP contribution is -2.43. The summed E-state index contributed by atoms with van der Waals surface area (Å²) < 4.78 is 11.2. The molecule has 0 aromatic carbocycles. The SMILES string of the molecule is CN=C(NCCCC(=O)OC1CCCC1)NCC(c1ccco1)N1CCCC1. The van der Waals surface area contributed by atoms with E-state index in [1.54, 1.807) is 13.3 Å². The summed E-state index contributed by atoms with van der Waals surface area (Å²) in [5.41, 5.74) is 0. The maximum Gasteiger partial charge on any atom is 0.306 e. The Bertz CT molecular complexity index is 605. The van der Waals surface area contributed by atoms with Crippen LogP contribution in [0.3, 0.4) is 0 Å². The minimum Gasteiger partial charge on any atom is -0.468 e. The number of nitrogens with zero attached hydrogens (tertiary/aromatic N) is 2. The molecule has 1 aliphatic heterocycles. The topological polar surface area (TPSA) is 79.1 Å². The van der Waals surface area contributed by atoms with Crippen LogP contribution in [0, 0.1) is 0 Å². The molecular formula is C21H34N4O3. The molecule has 7 heteroatoms. The minimum atomic E-state index is -0.0800. The van der Waals surface area contributed by atoms with E-state index in [1.807, 2.05) is 12.1 Å². The molecule has 28 heavy (non-hydrogen) atoms. The Kier molecular flexibility index (Phi) is 8.21. The van der Waals surface area contributed by atoms with Crippen LogP contribution in [0.5, 0.6) is 0 Å². The van der Waals surface area contributed by atoms with Gasteiger partial charge in [-0.05, 0) is 70.2 Å². The molecular weight excluding hydrogens is 356 g/mol. The first-order valence-corrected chi connectivity index (χ1v) is 10.7. The lowest BCUT2D eigenvalue weighted by atomic mass is 10.2. The van der Waals surface area contributed by atoms with Gasteiger partial charge in [-0.3, -0.25) is 14.7 Å². The van der Waals surface area contributed by atoms with E-state index in [2.05, 4.69) is 20.5 Å². The Labute approximate surface area is 167 Å². The number of hydrogen-bond donors (Lipinski definition) is 2. The van der Waals surface area contributed by atoms with Gasteiger partial charge in [0.05, 0.1) is 12.3 Å². The number of aliphatic imine (C=N–C) groups is 1. The largest absolute Gasteiger partial charge is 0.468 e. The number of carbonyl (C=O) groups excluding carboxylic acids is 1. The highest BCUT2D eigenvalue weighted by molar-refractivity contribution is 5.79. The second-order valence-corrected chi connectivity index (χ2v) is 7.65. The highest BCUT2D eigenvalue weighted by Crippen LogP contribution is 2.25. The number of nitrogens with one attached hydrogen (secondary N) is 2. The molecule has 0 radical (unpaired) electrons. The van der Waals surface area contributed by atoms with Crippen molar-refractivity contribution < 1.29 is 13.9 Å². The third-order valence-corrected chi connectivity index (χ3v) is 5.59. The predicted molar refractivity (Wildman–Crippen MR) is 109 cm³/mol. The molecule has 0 amide bonds. The van der Waals surface area contributed by atoms with Gasteiger partial charge < -0.3 is 19.8 Å². The first kappa shape index (κ1) is 20.7. The number of guanidine groups is 1. The zero-order valence-electron chi connectivity index (χ0n) is 17.0. The smallest absolute Gasteiger partial charge is 0.306 e. The number of likely N-dealkylation sites (tertiary alicyclic amines) is 1. The lowest BCUT2D eigenvalue weighted by Gasteiger charge is -2.26. The summed E-state index contributed by atoms with van der Waals surface area (Å²) in [7, 11) is 1.77. The maximum absolute atomic E-state index is 11.9. The third-order valence-electron chi connectivity index (χ3n) is 5.59. The Balaban J connectivity index is 1.36. The fourth-order valence-corrected chi connectivity index (χ4v) is 4.05. The van der Waals surface area contributed by atoms with Crippen LogP contribution in [0.2, 0.25) is 0 Å². The molecule has 0 bridgehead atoms. The summed E-state index contributed by atoms with van der Waals surface area (Å²) in [4.78, 5) is 18.6. The average molecular weight is 391 g/mol. The summed E-state index contributed by atoms with van der Waals surface area (Å²) in [6.45, 7) is 3.62. The lowest BCUT2D eigenvalue weighted by molar-refractivity contribution is -0.148. The number of hydrogen-bond acceptors (Lipinski definition) is 5. The molecule has 2 N–H and O–H groups in total. The second-order valence-electron chi connectivity index (χ2n) is 7.65. The van der Waals surface area contributed by atoms with Crippen LogP contribution in [0.15, 0.2) is 27.8 Å². The van der Waals surface area contributed by atoms with Crippen molar-refractivity contribution >= 4 is 11.9 Å². The molecule has 1 unspecified atom stereocenters. The molecule has 156 valence electrons. The van der Waals surface area contributed by atoms with Crippen molar-refractivity contribution in [3.63, 3.8) is 0 Å². The van der Waals surface area contributed by atoms with Gasteiger partial charge in [-0.25, -0.2) is 0 Å². The van der Waals surface area contributed by atoms with Gasteiger partial charge in [-0.1, -0.05) is 0 Å². The maximum atomic E-state index is 11.9. The highest BCUT2D eigenvalue weighted by Gasteiger charge is 2.25. The van der Waals surface area contributed by atoms with Crippen molar-refractivity contribution in [1.82, 2.24) is 15.5 Å². The van der Waals surface area contributed by atoms with Gasteiger partial charge in [0.15, 0.2) is 5.96 Å². The average Bonchev–Trinajstić information content (AvgIpc) is 3.47. The van der Waals surface area contributed by atoms with Crippen LogP contribution in [0.25, 0.3) is 0 Å². The van der Waals surface area contributed by atoms with E-state index in [-0.39, 0.29) is 18.1 Å². The van der Waals surface area contributed by atoms with Crippen LogP contribution < -0.4 is 10.6 Å². The van der Waals surface area contributed by atoms with E-state index in [9.17, 15) is 4.79 Å². The molecule has 2 aliphatic rings. The van der Waals surface area contributed by atoms with Crippen molar-refractivity contribution in [2.75, 3.05) is 33.2 Å². The van der Waals surface area contributed by atoms with Gasteiger partial charge in [0.2, 0.25) is 0 Å². The van der Waals surface area contributed by atoms with E-state index in [4.69, 9.17) is 9.15 Å². The molecule has 2 heterocycles.